The first-order valence-corrected chi connectivity index (χ1v) is 10.6. The molecule has 1 aromatic rings. The average Bonchev–Trinajstić information content (AvgIpc) is 2.97. The molecule has 6 nitrogen and oxygen atoms in total. The van der Waals surface area contributed by atoms with Crippen LogP contribution in [0.25, 0.3) is 0 Å². The Morgan fingerprint density at radius 3 is 2.58 bits per heavy atom. The fourth-order valence-electron chi connectivity index (χ4n) is 2.64. The van der Waals surface area contributed by atoms with Gasteiger partial charge in [0.1, 0.15) is 0 Å². The molecule has 134 valence electrons. The van der Waals surface area contributed by atoms with E-state index in [4.69, 9.17) is 5.14 Å². The Balaban J connectivity index is 1.77. The van der Waals surface area contributed by atoms with Gasteiger partial charge in [0.2, 0.25) is 10.0 Å². The molecule has 0 saturated carbocycles. The number of thioether (sulfide) groups is 1. The Hall–Kier alpha value is -1.25. The van der Waals surface area contributed by atoms with Crippen molar-refractivity contribution in [2.45, 2.75) is 35.8 Å². The van der Waals surface area contributed by atoms with Gasteiger partial charge in [-0.25, -0.2) is 13.6 Å². The van der Waals surface area contributed by atoms with Gasteiger partial charge >= 0.3 is 0 Å². The molecule has 0 aromatic heterocycles. The van der Waals surface area contributed by atoms with E-state index in [2.05, 4.69) is 22.5 Å². The highest BCUT2D eigenvalue weighted by atomic mass is 32.2. The van der Waals surface area contributed by atoms with E-state index in [0.717, 1.165) is 31.0 Å². The molecule has 1 unspecified atom stereocenters. The molecule has 1 aliphatic heterocycles. The zero-order valence-corrected chi connectivity index (χ0v) is 15.8. The number of hydrogen-bond donors (Lipinski definition) is 3. The number of primary sulfonamides is 1. The third-order valence-corrected chi connectivity index (χ3v) is 6.58. The minimum absolute atomic E-state index is 0.138. The zero-order chi connectivity index (χ0) is 17.6. The Kier molecular flexibility index (Phi) is 6.54. The van der Waals surface area contributed by atoms with Gasteiger partial charge in [0.15, 0.2) is 5.96 Å². The first-order chi connectivity index (χ1) is 11.3. The molecule has 2 rings (SSSR count). The number of nitrogens with zero attached hydrogens (tertiary/aromatic N) is 1. The SMILES string of the molecule is CN=C(NCCc1ccc(S(N)(=O)=O)cc1)NCC1(C)CCCS1. The minimum Gasteiger partial charge on any atom is -0.356 e. The fourth-order valence-corrected chi connectivity index (χ4v) is 4.40. The standard InChI is InChI=1S/C16H26N4O2S2/c1-16(9-3-11-23-16)12-20-15(18-2)19-10-8-13-4-6-14(7-5-13)24(17,21)22/h4-7H,3,8-12H2,1-2H3,(H2,17,21,22)(H2,18,19,20). The van der Waals surface area contributed by atoms with Gasteiger partial charge in [0, 0.05) is 24.9 Å². The largest absolute Gasteiger partial charge is 0.356 e. The Labute approximate surface area is 148 Å². The van der Waals surface area contributed by atoms with Crippen LogP contribution in [0.2, 0.25) is 0 Å². The highest BCUT2D eigenvalue weighted by Crippen LogP contribution is 2.36. The van der Waals surface area contributed by atoms with E-state index in [-0.39, 0.29) is 4.90 Å². The van der Waals surface area contributed by atoms with Crippen LogP contribution in [0.1, 0.15) is 25.3 Å². The van der Waals surface area contributed by atoms with Crippen molar-refractivity contribution in [3.63, 3.8) is 0 Å². The third kappa shape index (κ3) is 5.68. The van der Waals surface area contributed by atoms with Crippen LogP contribution in [-0.4, -0.2) is 45.0 Å². The van der Waals surface area contributed by atoms with E-state index in [9.17, 15) is 8.42 Å². The molecule has 0 aliphatic carbocycles. The van der Waals surface area contributed by atoms with Crippen LogP contribution in [-0.2, 0) is 16.4 Å². The van der Waals surface area contributed by atoms with Crippen LogP contribution in [0.3, 0.4) is 0 Å². The molecule has 1 atom stereocenters. The number of rotatable bonds is 6. The van der Waals surface area contributed by atoms with Gasteiger partial charge in [-0.1, -0.05) is 12.1 Å². The summed E-state index contributed by atoms with van der Waals surface area (Å²) in [6.45, 7) is 3.91. The van der Waals surface area contributed by atoms with Crippen molar-refractivity contribution < 1.29 is 8.42 Å². The van der Waals surface area contributed by atoms with Crippen molar-refractivity contribution in [1.29, 1.82) is 0 Å². The second-order valence-electron chi connectivity index (χ2n) is 6.19. The van der Waals surface area contributed by atoms with Gasteiger partial charge in [0.25, 0.3) is 0 Å². The molecule has 1 heterocycles. The van der Waals surface area contributed by atoms with Crippen LogP contribution in [0.5, 0.6) is 0 Å². The smallest absolute Gasteiger partial charge is 0.238 e. The molecule has 1 fully saturated rings. The monoisotopic (exact) mass is 370 g/mol. The van der Waals surface area contributed by atoms with Crippen LogP contribution >= 0.6 is 11.8 Å². The van der Waals surface area contributed by atoms with Crippen LogP contribution in [0, 0.1) is 0 Å². The number of sulfonamides is 1. The molecule has 8 heteroatoms. The summed E-state index contributed by atoms with van der Waals surface area (Å²) >= 11 is 2.02. The average molecular weight is 371 g/mol. The highest BCUT2D eigenvalue weighted by Gasteiger charge is 2.29. The summed E-state index contributed by atoms with van der Waals surface area (Å²) in [5.41, 5.74) is 1.05. The Morgan fingerprint density at radius 1 is 1.33 bits per heavy atom. The minimum atomic E-state index is -3.63. The number of hydrogen-bond acceptors (Lipinski definition) is 4. The number of nitrogens with one attached hydrogen (secondary N) is 2. The number of aliphatic imine (C=N–C) groups is 1. The maximum Gasteiger partial charge on any atom is 0.238 e. The topological polar surface area (TPSA) is 96.6 Å². The first kappa shape index (κ1) is 19.1. The molecule has 1 aliphatic rings. The molecule has 0 bridgehead atoms. The Morgan fingerprint density at radius 2 is 2.04 bits per heavy atom. The van der Waals surface area contributed by atoms with E-state index in [0.29, 0.717) is 4.75 Å². The normalized spacial score (nSPS) is 21.7. The van der Waals surface area contributed by atoms with Crippen molar-refractivity contribution in [3.05, 3.63) is 29.8 Å². The van der Waals surface area contributed by atoms with E-state index in [1.165, 1.54) is 30.7 Å². The highest BCUT2D eigenvalue weighted by molar-refractivity contribution is 8.00. The van der Waals surface area contributed by atoms with Crippen LogP contribution < -0.4 is 15.8 Å². The lowest BCUT2D eigenvalue weighted by Gasteiger charge is -2.24. The molecule has 1 aromatic carbocycles. The van der Waals surface area contributed by atoms with E-state index >= 15 is 0 Å². The summed E-state index contributed by atoms with van der Waals surface area (Å²) in [4.78, 5) is 4.38. The van der Waals surface area contributed by atoms with Gasteiger partial charge in [-0.15, -0.1) is 0 Å². The molecular formula is C16H26N4O2S2. The van der Waals surface area contributed by atoms with E-state index in [1.54, 1.807) is 19.2 Å². The molecule has 4 N–H and O–H groups in total. The lowest BCUT2D eigenvalue weighted by atomic mass is 10.1. The quantitative estimate of drug-likeness (QED) is 0.518. The van der Waals surface area contributed by atoms with Gasteiger partial charge in [-0.2, -0.15) is 11.8 Å². The van der Waals surface area contributed by atoms with Crippen LogP contribution in [0.15, 0.2) is 34.2 Å². The molecule has 0 radical (unpaired) electrons. The summed E-state index contributed by atoms with van der Waals surface area (Å²) in [6.07, 6.45) is 3.29. The number of benzene rings is 1. The predicted octanol–water partition coefficient (Wildman–Crippen LogP) is 1.33. The maximum atomic E-state index is 11.2. The second-order valence-corrected chi connectivity index (χ2v) is 9.44. The molecule has 24 heavy (non-hydrogen) atoms. The lowest BCUT2D eigenvalue weighted by Crippen LogP contribution is -2.44. The van der Waals surface area contributed by atoms with Gasteiger partial charge < -0.3 is 10.6 Å². The molecular weight excluding hydrogens is 344 g/mol. The fraction of sp³-hybridized carbons (Fsp3) is 0.562. The zero-order valence-electron chi connectivity index (χ0n) is 14.2. The summed E-state index contributed by atoms with van der Waals surface area (Å²) in [5, 5.41) is 11.8. The molecule has 0 amide bonds. The van der Waals surface area contributed by atoms with Gasteiger partial charge in [0.05, 0.1) is 4.90 Å². The van der Waals surface area contributed by atoms with E-state index < -0.39 is 10.0 Å². The third-order valence-electron chi connectivity index (χ3n) is 4.11. The van der Waals surface area contributed by atoms with Crippen molar-refractivity contribution in [2.24, 2.45) is 10.1 Å². The van der Waals surface area contributed by atoms with E-state index in [1.807, 2.05) is 11.8 Å². The summed E-state index contributed by atoms with van der Waals surface area (Å²) in [7, 11) is -1.86. The molecule has 0 spiro atoms. The first-order valence-electron chi connectivity index (χ1n) is 8.03. The summed E-state index contributed by atoms with van der Waals surface area (Å²) in [6, 6.07) is 6.65. The number of nitrogens with two attached hydrogens (primary N) is 1. The van der Waals surface area contributed by atoms with Crippen molar-refractivity contribution in [3.8, 4) is 0 Å². The number of guanidine groups is 1. The van der Waals surface area contributed by atoms with Crippen molar-refractivity contribution in [1.82, 2.24) is 10.6 Å². The summed E-state index contributed by atoms with van der Waals surface area (Å²) in [5.74, 6) is 2.03. The van der Waals surface area contributed by atoms with Crippen molar-refractivity contribution >= 4 is 27.7 Å². The second kappa shape index (κ2) is 8.22. The van der Waals surface area contributed by atoms with Gasteiger partial charge in [-0.3, -0.25) is 4.99 Å². The predicted molar refractivity (Wildman–Crippen MR) is 101 cm³/mol. The van der Waals surface area contributed by atoms with Crippen LogP contribution in [0.4, 0.5) is 0 Å². The van der Waals surface area contributed by atoms with Crippen molar-refractivity contribution in [2.75, 3.05) is 25.9 Å². The lowest BCUT2D eigenvalue weighted by molar-refractivity contribution is 0.584. The Bertz CT molecular complexity index is 666. The van der Waals surface area contributed by atoms with Gasteiger partial charge in [-0.05, 0) is 49.6 Å². The molecule has 1 saturated heterocycles. The summed E-state index contributed by atoms with van der Waals surface area (Å²) < 4.78 is 22.8. The maximum absolute atomic E-state index is 11.2.